The molecule has 34 heavy (non-hydrogen) atoms. The van der Waals surface area contributed by atoms with Crippen LogP contribution in [0.4, 0.5) is 4.79 Å². The van der Waals surface area contributed by atoms with Crippen LogP contribution in [0.25, 0.3) is 0 Å². The summed E-state index contributed by atoms with van der Waals surface area (Å²) in [4.78, 5) is 52.3. The summed E-state index contributed by atoms with van der Waals surface area (Å²) in [6.45, 7) is 10.5. The van der Waals surface area contributed by atoms with Crippen molar-refractivity contribution >= 4 is 23.9 Å². The Kier molecular flexibility index (Phi) is 9.06. The van der Waals surface area contributed by atoms with Gasteiger partial charge in [0.25, 0.3) is 0 Å². The number of methoxy groups -OCH3 is 1. The van der Waals surface area contributed by atoms with Crippen LogP contribution < -0.4 is 10.6 Å². The molecule has 2 rings (SSSR count). The Balaban J connectivity index is 2.36. The van der Waals surface area contributed by atoms with Gasteiger partial charge in [-0.25, -0.2) is 4.79 Å². The van der Waals surface area contributed by atoms with Crippen molar-refractivity contribution in [2.45, 2.75) is 78.1 Å². The minimum absolute atomic E-state index is 0.171. The van der Waals surface area contributed by atoms with E-state index in [1.807, 2.05) is 38.1 Å². The molecule has 0 aliphatic heterocycles. The molecule has 1 saturated carbocycles. The van der Waals surface area contributed by atoms with E-state index in [0.29, 0.717) is 5.56 Å². The zero-order valence-electron chi connectivity index (χ0n) is 21.1. The number of carbonyl (C=O) groups is 4. The second kappa shape index (κ2) is 11.4. The molecule has 1 fully saturated rings. The zero-order valence-corrected chi connectivity index (χ0v) is 21.1. The number of nitrogens with one attached hydrogen (secondary N) is 2. The molecule has 188 valence electrons. The van der Waals surface area contributed by atoms with E-state index >= 15 is 0 Å². The topological polar surface area (TPSA) is 114 Å². The molecule has 4 unspecified atom stereocenters. The van der Waals surface area contributed by atoms with Crippen molar-refractivity contribution in [2.75, 3.05) is 13.7 Å². The first-order valence-electron chi connectivity index (χ1n) is 11.6. The maximum atomic E-state index is 13.6. The number of nitrogens with zero attached hydrogens (tertiary/aromatic N) is 1. The predicted molar refractivity (Wildman–Crippen MR) is 127 cm³/mol. The lowest BCUT2D eigenvalue weighted by molar-refractivity contribution is -0.145. The molecule has 9 nitrogen and oxygen atoms in total. The van der Waals surface area contributed by atoms with E-state index in [1.54, 1.807) is 27.7 Å². The molecular formula is C25H37N3O6. The molecule has 0 radical (unpaired) electrons. The number of esters is 1. The summed E-state index contributed by atoms with van der Waals surface area (Å²) in [7, 11) is 1.24. The summed E-state index contributed by atoms with van der Waals surface area (Å²) in [5, 5.41) is 5.16. The van der Waals surface area contributed by atoms with Gasteiger partial charge in [-0.05, 0) is 57.6 Å². The third-order valence-corrected chi connectivity index (χ3v) is 5.65. The van der Waals surface area contributed by atoms with Crippen LogP contribution in [0, 0.1) is 5.92 Å². The molecule has 3 amide bonds. The standard InChI is InChI=1S/C25H37N3O6/c1-8-17-9-11-18(12-10-17)21(22(30)26-14-20(29)33-7)28(19-13-15(19)2)23(31)16(3)27-24(32)34-25(4,5)6/h9-12,15-16,19,21H,8,13-14H2,1-7H3,(H,26,30)(H,27,32). The van der Waals surface area contributed by atoms with E-state index in [1.165, 1.54) is 12.0 Å². The second-order valence-electron chi connectivity index (χ2n) is 9.69. The van der Waals surface area contributed by atoms with Crippen LogP contribution in [-0.4, -0.2) is 60.1 Å². The van der Waals surface area contributed by atoms with Crippen molar-refractivity contribution in [1.82, 2.24) is 15.5 Å². The van der Waals surface area contributed by atoms with E-state index in [0.717, 1.165) is 18.4 Å². The molecule has 1 aromatic carbocycles. The quantitative estimate of drug-likeness (QED) is 0.531. The number of carbonyl (C=O) groups excluding carboxylic acids is 4. The Hall–Kier alpha value is -3.10. The first-order valence-corrected chi connectivity index (χ1v) is 11.6. The number of rotatable bonds is 9. The van der Waals surface area contributed by atoms with Crippen molar-refractivity contribution < 1.29 is 28.7 Å². The number of benzene rings is 1. The largest absolute Gasteiger partial charge is 0.468 e. The van der Waals surface area contributed by atoms with Crippen LogP contribution >= 0.6 is 0 Å². The van der Waals surface area contributed by atoms with Crippen LogP contribution in [0.5, 0.6) is 0 Å². The average Bonchev–Trinajstić information content (AvgIpc) is 3.49. The van der Waals surface area contributed by atoms with Crippen LogP contribution in [0.1, 0.15) is 65.1 Å². The van der Waals surface area contributed by atoms with E-state index in [2.05, 4.69) is 15.4 Å². The average molecular weight is 476 g/mol. The number of aryl methyl sites for hydroxylation is 1. The Morgan fingerprint density at radius 2 is 1.74 bits per heavy atom. The fraction of sp³-hybridized carbons (Fsp3) is 0.600. The van der Waals surface area contributed by atoms with Crippen molar-refractivity contribution in [3.63, 3.8) is 0 Å². The van der Waals surface area contributed by atoms with Gasteiger partial charge in [-0.3, -0.25) is 14.4 Å². The fourth-order valence-electron chi connectivity index (χ4n) is 3.64. The summed E-state index contributed by atoms with van der Waals surface area (Å²) < 4.78 is 9.91. The van der Waals surface area contributed by atoms with E-state index < -0.39 is 41.6 Å². The molecule has 0 spiro atoms. The van der Waals surface area contributed by atoms with Gasteiger partial charge >= 0.3 is 12.1 Å². The van der Waals surface area contributed by atoms with Gasteiger partial charge in [-0.2, -0.15) is 0 Å². The number of alkyl carbamates (subject to hydrolysis) is 1. The Labute approximate surface area is 201 Å². The monoisotopic (exact) mass is 475 g/mol. The molecule has 0 saturated heterocycles. The lowest BCUT2D eigenvalue weighted by Crippen LogP contribution is -2.53. The first-order chi connectivity index (χ1) is 15.9. The summed E-state index contributed by atoms with van der Waals surface area (Å²) in [5.41, 5.74) is 1.00. The molecular weight excluding hydrogens is 438 g/mol. The molecule has 0 aromatic heterocycles. The van der Waals surface area contributed by atoms with Crippen molar-refractivity contribution in [3.8, 4) is 0 Å². The molecule has 0 heterocycles. The number of amides is 3. The highest BCUT2D eigenvalue weighted by atomic mass is 16.6. The summed E-state index contributed by atoms with van der Waals surface area (Å²) in [6, 6.07) is 5.40. The van der Waals surface area contributed by atoms with Crippen LogP contribution in [-0.2, 0) is 30.3 Å². The maximum absolute atomic E-state index is 13.6. The van der Waals surface area contributed by atoms with Gasteiger partial charge in [0.1, 0.15) is 24.2 Å². The second-order valence-corrected chi connectivity index (χ2v) is 9.69. The number of hydrogen-bond acceptors (Lipinski definition) is 6. The molecule has 1 aliphatic carbocycles. The highest BCUT2D eigenvalue weighted by molar-refractivity contribution is 5.93. The van der Waals surface area contributed by atoms with Crippen molar-refractivity contribution in [3.05, 3.63) is 35.4 Å². The number of hydrogen-bond donors (Lipinski definition) is 2. The van der Waals surface area contributed by atoms with Crippen LogP contribution in [0.2, 0.25) is 0 Å². The Bertz CT molecular complexity index is 893. The fourth-order valence-corrected chi connectivity index (χ4v) is 3.64. The third-order valence-electron chi connectivity index (χ3n) is 5.65. The first kappa shape index (κ1) is 27.1. The molecule has 9 heteroatoms. The van der Waals surface area contributed by atoms with Gasteiger partial charge in [0.2, 0.25) is 11.8 Å². The van der Waals surface area contributed by atoms with Gasteiger partial charge in [0.05, 0.1) is 7.11 Å². The summed E-state index contributed by atoms with van der Waals surface area (Å²) in [6.07, 6.45) is 0.855. The van der Waals surface area contributed by atoms with Crippen LogP contribution in [0.15, 0.2) is 24.3 Å². The number of ether oxygens (including phenoxy) is 2. The smallest absolute Gasteiger partial charge is 0.408 e. The maximum Gasteiger partial charge on any atom is 0.408 e. The molecule has 4 atom stereocenters. The van der Waals surface area contributed by atoms with Gasteiger partial charge in [-0.15, -0.1) is 0 Å². The van der Waals surface area contributed by atoms with Gasteiger partial charge < -0.3 is 25.0 Å². The highest BCUT2D eigenvalue weighted by Crippen LogP contribution is 2.40. The van der Waals surface area contributed by atoms with Gasteiger partial charge in [-0.1, -0.05) is 38.1 Å². The van der Waals surface area contributed by atoms with Gasteiger partial charge in [0, 0.05) is 6.04 Å². The highest BCUT2D eigenvalue weighted by Gasteiger charge is 2.47. The lowest BCUT2D eigenvalue weighted by atomic mass is 10.00. The lowest BCUT2D eigenvalue weighted by Gasteiger charge is -2.34. The summed E-state index contributed by atoms with van der Waals surface area (Å²) >= 11 is 0. The molecule has 2 N–H and O–H groups in total. The zero-order chi connectivity index (χ0) is 25.6. The van der Waals surface area contributed by atoms with Gasteiger partial charge in [0.15, 0.2) is 0 Å². The SMILES string of the molecule is CCc1ccc(C(C(=O)NCC(=O)OC)N(C(=O)C(C)NC(=O)OC(C)(C)C)C2CC2C)cc1. The molecule has 1 aliphatic rings. The normalized spacial score (nSPS) is 18.8. The predicted octanol–water partition coefficient (Wildman–Crippen LogP) is 2.73. The molecule has 1 aromatic rings. The van der Waals surface area contributed by atoms with Crippen molar-refractivity contribution in [2.24, 2.45) is 5.92 Å². The Morgan fingerprint density at radius 1 is 1.15 bits per heavy atom. The van der Waals surface area contributed by atoms with E-state index in [-0.39, 0.29) is 18.5 Å². The molecule has 0 bridgehead atoms. The minimum Gasteiger partial charge on any atom is -0.468 e. The van der Waals surface area contributed by atoms with E-state index in [9.17, 15) is 19.2 Å². The van der Waals surface area contributed by atoms with Crippen molar-refractivity contribution in [1.29, 1.82) is 0 Å². The minimum atomic E-state index is -0.971. The Morgan fingerprint density at radius 3 is 2.21 bits per heavy atom. The van der Waals surface area contributed by atoms with E-state index in [4.69, 9.17) is 4.74 Å². The summed E-state index contributed by atoms with van der Waals surface area (Å²) in [5.74, 6) is -1.29. The van der Waals surface area contributed by atoms with Crippen LogP contribution in [0.3, 0.4) is 0 Å². The third kappa shape index (κ3) is 7.46.